The van der Waals surface area contributed by atoms with Gasteiger partial charge in [0.1, 0.15) is 5.60 Å². The van der Waals surface area contributed by atoms with Gasteiger partial charge in [0.2, 0.25) is 0 Å². The molecule has 130 valence electrons. The van der Waals surface area contributed by atoms with E-state index in [1.807, 2.05) is 20.8 Å². The summed E-state index contributed by atoms with van der Waals surface area (Å²) in [6.07, 6.45) is 4.72. The summed E-state index contributed by atoms with van der Waals surface area (Å²) in [6, 6.07) is 0.520. The van der Waals surface area contributed by atoms with E-state index in [4.69, 9.17) is 9.47 Å². The van der Waals surface area contributed by atoms with Crippen LogP contribution in [0.2, 0.25) is 0 Å². The maximum atomic E-state index is 12.3. The maximum absolute atomic E-state index is 12.3. The van der Waals surface area contributed by atoms with Crippen molar-refractivity contribution in [1.29, 1.82) is 0 Å². The van der Waals surface area contributed by atoms with E-state index >= 15 is 0 Å². The zero-order valence-electron chi connectivity index (χ0n) is 15.0. The molecule has 0 aromatic carbocycles. The third-order valence-corrected chi connectivity index (χ3v) is 3.80. The minimum atomic E-state index is -0.458. The first-order valence-corrected chi connectivity index (χ1v) is 8.64. The molecule has 1 aliphatic rings. The lowest BCUT2D eigenvalue weighted by Crippen LogP contribution is -2.54. The number of rotatable bonds is 7. The molecular formula is C17H34N2O3. The molecule has 0 aliphatic carbocycles. The molecule has 1 heterocycles. The Morgan fingerprint density at radius 1 is 1.41 bits per heavy atom. The molecule has 1 saturated heterocycles. The van der Waals surface area contributed by atoms with Gasteiger partial charge < -0.3 is 14.8 Å². The monoisotopic (exact) mass is 314 g/mol. The maximum Gasteiger partial charge on any atom is 0.410 e. The molecule has 1 fully saturated rings. The summed E-state index contributed by atoms with van der Waals surface area (Å²) < 4.78 is 11.0. The number of morpholine rings is 1. The minimum Gasteiger partial charge on any atom is -0.444 e. The zero-order valence-corrected chi connectivity index (χ0v) is 15.0. The Balaban J connectivity index is 2.43. The Morgan fingerprint density at radius 2 is 2.14 bits per heavy atom. The van der Waals surface area contributed by atoms with Gasteiger partial charge in [-0.2, -0.15) is 0 Å². The highest BCUT2D eigenvalue weighted by Gasteiger charge is 2.30. The summed E-state index contributed by atoms with van der Waals surface area (Å²) in [7, 11) is 0. The Bertz CT molecular complexity index is 328. The molecule has 2 unspecified atom stereocenters. The van der Waals surface area contributed by atoms with Gasteiger partial charge in [-0.1, -0.05) is 26.2 Å². The Morgan fingerprint density at radius 3 is 2.77 bits per heavy atom. The van der Waals surface area contributed by atoms with Crippen molar-refractivity contribution in [2.45, 2.75) is 78.0 Å². The van der Waals surface area contributed by atoms with Crippen LogP contribution in [0.1, 0.15) is 60.3 Å². The number of nitrogens with zero attached hydrogens (tertiary/aromatic N) is 1. The van der Waals surface area contributed by atoms with E-state index in [-0.39, 0.29) is 12.1 Å². The van der Waals surface area contributed by atoms with Crippen molar-refractivity contribution in [2.24, 2.45) is 0 Å². The Kier molecular flexibility index (Phi) is 8.18. The molecule has 1 aliphatic heterocycles. The fourth-order valence-corrected chi connectivity index (χ4v) is 2.52. The SMILES string of the molecule is CCCCCC(C)NCC1COCCN1C(=O)OC(C)(C)C. The number of hydrogen-bond donors (Lipinski definition) is 1. The van der Waals surface area contributed by atoms with Crippen LogP contribution in [0.15, 0.2) is 0 Å². The predicted molar refractivity (Wildman–Crippen MR) is 89.2 cm³/mol. The number of amides is 1. The highest BCUT2D eigenvalue weighted by atomic mass is 16.6. The quantitative estimate of drug-likeness (QED) is 0.733. The van der Waals surface area contributed by atoms with Crippen molar-refractivity contribution < 1.29 is 14.3 Å². The fourth-order valence-electron chi connectivity index (χ4n) is 2.52. The molecule has 0 spiro atoms. The van der Waals surface area contributed by atoms with Crippen molar-refractivity contribution in [2.75, 3.05) is 26.3 Å². The van der Waals surface area contributed by atoms with Crippen LogP contribution in [0.5, 0.6) is 0 Å². The van der Waals surface area contributed by atoms with Crippen LogP contribution < -0.4 is 5.32 Å². The summed E-state index contributed by atoms with van der Waals surface area (Å²) >= 11 is 0. The summed E-state index contributed by atoms with van der Waals surface area (Å²) in [5.41, 5.74) is -0.458. The second kappa shape index (κ2) is 9.36. The van der Waals surface area contributed by atoms with Crippen LogP contribution in [0, 0.1) is 0 Å². The summed E-state index contributed by atoms with van der Waals surface area (Å²) in [5, 5.41) is 3.53. The van der Waals surface area contributed by atoms with Gasteiger partial charge in [0.25, 0.3) is 0 Å². The zero-order chi connectivity index (χ0) is 16.6. The first-order valence-electron chi connectivity index (χ1n) is 8.64. The van der Waals surface area contributed by atoms with Crippen molar-refractivity contribution in [1.82, 2.24) is 10.2 Å². The molecule has 0 bridgehead atoms. The number of hydrogen-bond acceptors (Lipinski definition) is 4. The summed E-state index contributed by atoms with van der Waals surface area (Å²) in [4.78, 5) is 14.1. The van der Waals surface area contributed by atoms with Crippen molar-refractivity contribution in [3.05, 3.63) is 0 Å². The minimum absolute atomic E-state index is 0.0530. The van der Waals surface area contributed by atoms with Crippen molar-refractivity contribution in [3.8, 4) is 0 Å². The van der Waals surface area contributed by atoms with Crippen molar-refractivity contribution >= 4 is 6.09 Å². The van der Waals surface area contributed by atoms with Gasteiger partial charge in [-0.05, 0) is 34.1 Å². The Labute approximate surface area is 135 Å². The normalized spacial score (nSPS) is 20.8. The van der Waals surface area contributed by atoms with E-state index in [1.165, 1.54) is 25.7 Å². The second-order valence-corrected chi connectivity index (χ2v) is 7.21. The highest BCUT2D eigenvalue weighted by molar-refractivity contribution is 5.68. The molecule has 1 N–H and O–H groups in total. The number of unbranched alkanes of at least 4 members (excludes halogenated alkanes) is 2. The van der Waals surface area contributed by atoms with Gasteiger partial charge >= 0.3 is 6.09 Å². The summed E-state index contributed by atoms with van der Waals surface area (Å²) in [6.45, 7) is 12.6. The van der Waals surface area contributed by atoms with Crippen LogP contribution in [-0.4, -0.2) is 55.0 Å². The molecule has 1 rings (SSSR count). The molecule has 0 aromatic heterocycles. The number of nitrogens with one attached hydrogen (secondary N) is 1. The lowest BCUT2D eigenvalue weighted by molar-refractivity contribution is -0.0321. The summed E-state index contributed by atoms with van der Waals surface area (Å²) in [5.74, 6) is 0. The number of carbonyl (C=O) groups is 1. The van der Waals surface area contributed by atoms with Crippen LogP contribution >= 0.6 is 0 Å². The van der Waals surface area contributed by atoms with Gasteiger partial charge in [0.15, 0.2) is 0 Å². The molecule has 5 heteroatoms. The van der Waals surface area contributed by atoms with Gasteiger partial charge in [0, 0.05) is 19.1 Å². The first-order chi connectivity index (χ1) is 10.3. The largest absolute Gasteiger partial charge is 0.444 e. The smallest absolute Gasteiger partial charge is 0.410 e. The third-order valence-electron chi connectivity index (χ3n) is 3.80. The van der Waals surface area contributed by atoms with Crippen LogP contribution in [0.4, 0.5) is 4.79 Å². The van der Waals surface area contributed by atoms with E-state index < -0.39 is 5.60 Å². The third kappa shape index (κ3) is 7.45. The highest BCUT2D eigenvalue weighted by Crippen LogP contribution is 2.14. The molecular weight excluding hydrogens is 280 g/mol. The molecule has 2 atom stereocenters. The van der Waals surface area contributed by atoms with E-state index in [0.717, 1.165) is 6.54 Å². The van der Waals surface area contributed by atoms with Gasteiger partial charge in [0.05, 0.1) is 19.3 Å². The van der Waals surface area contributed by atoms with Crippen LogP contribution in [-0.2, 0) is 9.47 Å². The molecule has 5 nitrogen and oxygen atoms in total. The Hall–Kier alpha value is -0.810. The number of ether oxygens (including phenoxy) is 2. The van der Waals surface area contributed by atoms with E-state index in [2.05, 4.69) is 19.2 Å². The van der Waals surface area contributed by atoms with E-state index in [0.29, 0.717) is 25.8 Å². The van der Waals surface area contributed by atoms with Gasteiger partial charge in [-0.25, -0.2) is 4.79 Å². The molecule has 0 aromatic rings. The predicted octanol–water partition coefficient (Wildman–Crippen LogP) is 3.18. The van der Waals surface area contributed by atoms with Gasteiger partial charge in [-0.15, -0.1) is 0 Å². The lowest BCUT2D eigenvalue weighted by Gasteiger charge is -2.37. The van der Waals surface area contributed by atoms with E-state index in [1.54, 1.807) is 4.90 Å². The molecule has 0 saturated carbocycles. The topological polar surface area (TPSA) is 50.8 Å². The molecule has 0 radical (unpaired) electrons. The first kappa shape index (κ1) is 19.2. The van der Waals surface area contributed by atoms with Crippen molar-refractivity contribution in [3.63, 3.8) is 0 Å². The molecule has 1 amide bonds. The van der Waals surface area contributed by atoms with Crippen LogP contribution in [0.3, 0.4) is 0 Å². The average molecular weight is 314 g/mol. The lowest BCUT2D eigenvalue weighted by atomic mass is 10.1. The second-order valence-electron chi connectivity index (χ2n) is 7.21. The standard InChI is InChI=1S/C17H34N2O3/c1-6-7-8-9-14(2)18-12-15-13-21-11-10-19(15)16(20)22-17(3,4)5/h14-15,18H,6-13H2,1-5H3. The average Bonchev–Trinajstić information content (AvgIpc) is 2.44. The van der Waals surface area contributed by atoms with E-state index in [9.17, 15) is 4.79 Å². The van der Waals surface area contributed by atoms with Gasteiger partial charge in [-0.3, -0.25) is 4.90 Å². The fraction of sp³-hybridized carbons (Fsp3) is 0.941. The molecule has 22 heavy (non-hydrogen) atoms. The number of carbonyl (C=O) groups excluding carboxylic acids is 1. The van der Waals surface area contributed by atoms with Crippen LogP contribution in [0.25, 0.3) is 0 Å².